The van der Waals surface area contributed by atoms with Crippen LogP contribution in [0.15, 0.2) is 11.1 Å². The third-order valence-electron chi connectivity index (χ3n) is 10.3. The van der Waals surface area contributed by atoms with Crippen molar-refractivity contribution in [3.63, 3.8) is 0 Å². The number of carbonyl (C=O) groups excluding carboxylic acids is 1. The molecule has 0 bridgehead atoms. The van der Waals surface area contributed by atoms with Crippen molar-refractivity contribution in [2.75, 3.05) is 19.0 Å². The van der Waals surface area contributed by atoms with Crippen LogP contribution in [0.3, 0.4) is 0 Å². The van der Waals surface area contributed by atoms with Crippen molar-refractivity contribution in [2.45, 2.75) is 140 Å². The van der Waals surface area contributed by atoms with Gasteiger partial charge >= 0.3 is 6.03 Å². The van der Waals surface area contributed by atoms with E-state index in [2.05, 4.69) is 88.0 Å². The number of aliphatic hydroxyl groups excluding tert-OH is 1. The van der Waals surface area contributed by atoms with E-state index in [-0.39, 0.29) is 51.9 Å². The van der Waals surface area contributed by atoms with E-state index in [9.17, 15) is 14.7 Å². The van der Waals surface area contributed by atoms with Crippen molar-refractivity contribution in [1.29, 1.82) is 0 Å². The highest BCUT2D eigenvalue weighted by Crippen LogP contribution is 2.42. The summed E-state index contributed by atoms with van der Waals surface area (Å²) in [6, 6.07) is -0.364. The predicted molar refractivity (Wildman–Crippen MR) is 177 cm³/mol. The number of aromatic amines is 1. The van der Waals surface area contributed by atoms with Gasteiger partial charge in [0.15, 0.2) is 27.8 Å². The number of hydrogen-bond acceptors (Lipinski definition) is 8. The van der Waals surface area contributed by atoms with E-state index in [4.69, 9.17) is 13.6 Å². The smallest absolute Gasteiger partial charge is 0.324 e. The van der Waals surface area contributed by atoms with Crippen molar-refractivity contribution in [2.24, 2.45) is 0 Å². The second-order valence-electron chi connectivity index (χ2n) is 15.6. The summed E-state index contributed by atoms with van der Waals surface area (Å²) in [6.45, 7) is 22.7. The molecule has 1 saturated carbocycles. The first kappa shape index (κ1) is 34.8. The lowest BCUT2D eigenvalue weighted by molar-refractivity contribution is -0.0383. The lowest BCUT2D eigenvalue weighted by Crippen LogP contribution is -2.48. The Labute approximate surface area is 263 Å². The monoisotopic (exact) mass is 650 g/mol. The van der Waals surface area contributed by atoms with Gasteiger partial charge in [-0.15, -0.1) is 0 Å². The number of anilines is 1. The maximum absolute atomic E-state index is 13.1. The summed E-state index contributed by atoms with van der Waals surface area (Å²) < 4.78 is 21.9. The maximum Gasteiger partial charge on any atom is 0.324 e. The maximum atomic E-state index is 13.1. The molecule has 2 aromatic heterocycles. The molecule has 2 fully saturated rings. The SMILES string of the molecule is CN(C(=O)Nc1nc2c(ncn2[C@H]2C[C@H](O[Si](C)(C)C(C)(C)C)[C@@H](CO[Si](C)(C)C(C)(C)C)O2)c(=O)[nH]1)C1CCC(O)CC1. The molecule has 1 saturated heterocycles. The number of fused-ring (bicyclic) bond motifs is 1. The van der Waals surface area contributed by atoms with Gasteiger partial charge in [0.2, 0.25) is 5.95 Å². The fourth-order valence-electron chi connectivity index (χ4n) is 5.20. The van der Waals surface area contributed by atoms with Gasteiger partial charge in [0.25, 0.3) is 5.56 Å². The van der Waals surface area contributed by atoms with Crippen LogP contribution in [0, 0.1) is 0 Å². The van der Waals surface area contributed by atoms with Gasteiger partial charge in [-0.05, 0) is 61.9 Å². The van der Waals surface area contributed by atoms with Crippen LogP contribution in [0.2, 0.25) is 36.3 Å². The summed E-state index contributed by atoms with van der Waals surface area (Å²) in [5.41, 5.74) is 0.0518. The van der Waals surface area contributed by atoms with Crippen molar-refractivity contribution in [3.8, 4) is 0 Å². The number of carbonyl (C=O) groups is 1. The van der Waals surface area contributed by atoms with E-state index in [0.717, 1.165) is 12.8 Å². The number of aliphatic hydroxyl groups is 1. The van der Waals surface area contributed by atoms with Crippen LogP contribution in [0.25, 0.3) is 11.2 Å². The van der Waals surface area contributed by atoms with Crippen LogP contribution in [0.1, 0.15) is 79.9 Å². The molecule has 0 aromatic carbocycles. The van der Waals surface area contributed by atoms with Gasteiger partial charge in [-0.25, -0.2) is 9.78 Å². The molecule has 0 unspecified atom stereocenters. The number of aromatic nitrogens is 4. The molecule has 2 amide bonds. The summed E-state index contributed by atoms with van der Waals surface area (Å²) in [6.07, 6.45) is 3.59. The second-order valence-corrected chi connectivity index (χ2v) is 25.2. The zero-order valence-electron chi connectivity index (χ0n) is 28.5. The molecule has 3 heterocycles. The van der Waals surface area contributed by atoms with Gasteiger partial charge in [-0.2, -0.15) is 4.98 Å². The zero-order chi connectivity index (χ0) is 32.8. The van der Waals surface area contributed by atoms with Crippen molar-refractivity contribution < 1.29 is 23.5 Å². The van der Waals surface area contributed by atoms with E-state index in [1.165, 1.54) is 0 Å². The van der Waals surface area contributed by atoms with Gasteiger partial charge in [0.1, 0.15) is 12.3 Å². The second kappa shape index (κ2) is 12.6. The van der Waals surface area contributed by atoms with E-state index >= 15 is 0 Å². The number of urea groups is 1. The number of rotatable bonds is 8. The number of hydrogen-bond donors (Lipinski definition) is 3. The molecule has 0 spiro atoms. The molecule has 14 heteroatoms. The summed E-state index contributed by atoms with van der Waals surface area (Å²) in [7, 11) is -2.46. The molecule has 3 N–H and O–H groups in total. The van der Waals surface area contributed by atoms with Crippen LogP contribution < -0.4 is 10.9 Å². The molecule has 2 aromatic rings. The molecule has 248 valence electrons. The fraction of sp³-hybridized carbons (Fsp3) is 0.800. The Morgan fingerprint density at radius 3 is 2.32 bits per heavy atom. The minimum absolute atomic E-state index is 0.00887. The molecular formula is C30H54N6O6Si2. The first-order valence-corrected chi connectivity index (χ1v) is 21.7. The Bertz CT molecular complexity index is 1370. The van der Waals surface area contributed by atoms with Crippen LogP contribution in [0.4, 0.5) is 10.7 Å². The Balaban J connectivity index is 1.58. The number of nitrogens with one attached hydrogen (secondary N) is 2. The Morgan fingerprint density at radius 1 is 1.11 bits per heavy atom. The first-order chi connectivity index (χ1) is 20.2. The third kappa shape index (κ3) is 7.47. The number of ether oxygens (including phenoxy) is 1. The molecule has 0 radical (unpaired) electrons. The Kier molecular flexibility index (Phi) is 9.95. The third-order valence-corrected chi connectivity index (χ3v) is 19.4. The van der Waals surface area contributed by atoms with Crippen LogP contribution in [-0.4, -0.2) is 90.2 Å². The number of nitrogens with zero attached hydrogens (tertiary/aromatic N) is 4. The highest BCUT2D eigenvalue weighted by atomic mass is 28.4. The van der Waals surface area contributed by atoms with Crippen LogP contribution in [0.5, 0.6) is 0 Å². The van der Waals surface area contributed by atoms with Crippen molar-refractivity contribution in [3.05, 3.63) is 16.7 Å². The quantitative estimate of drug-likeness (QED) is 0.314. The minimum Gasteiger partial charge on any atom is -0.414 e. The normalized spacial score (nSPS) is 25.4. The average Bonchev–Trinajstić information content (AvgIpc) is 3.50. The van der Waals surface area contributed by atoms with E-state index in [0.29, 0.717) is 31.5 Å². The van der Waals surface area contributed by atoms with E-state index in [1.807, 2.05) is 0 Å². The van der Waals surface area contributed by atoms with Crippen molar-refractivity contribution in [1.82, 2.24) is 24.4 Å². The molecule has 2 aliphatic rings. The van der Waals surface area contributed by atoms with E-state index in [1.54, 1.807) is 22.8 Å². The van der Waals surface area contributed by atoms with Gasteiger partial charge in [-0.1, -0.05) is 41.5 Å². The average molecular weight is 651 g/mol. The lowest BCUT2D eigenvalue weighted by Gasteiger charge is -2.40. The summed E-state index contributed by atoms with van der Waals surface area (Å²) >= 11 is 0. The number of H-pyrrole nitrogens is 1. The highest BCUT2D eigenvalue weighted by molar-refractivity contribution is 6.74. The molecule has 1 aliphatic carbocycles. The topological polar surface area (TPSA) is 144 Å². The summed E-state index contributed by atoms with van der Waals surface area (Å²) in [4.78, 5) is 39.3. The largest absolute Gasteiger partial charge is 0.414 e. The van der Waals surface area contributed by atoms with Gasteiger partial charge in [-0.3, -0.25) is 19.7 Å². The van der Waals surface area contributed by atoms with Gasteiger partial charge in [0.05, 0.1) is 25.1 Å². The molecule has 4 rings (SSSR count). The zero-order valence-corrected chi connectivity index (χ0v) is 30.5. The number of amides is 2. The lowest BCUT2D eigenvalue weighted by atomic mass is 9.92. The fourth-order valence-corrected chi connectivity index (χ4v) is 7.58. The highest BCUT2D eigenvalue weighted by Gasteiger charge is 2.47. The van der Waals surface area contributed by atoms with Crippen LogP contribution >= 0.6 is 0 Å². The van der Waals surface area contributed by atoms with Gasteiger partial charge in [0, 0.05) is 19.5 Å². The molecule has 12 nitrogen and oxygen atoms in total. The van der Waals surface area contributed by atoms with Crippen molar-refractivity contribution >= 4 is 39.8 Å². The molecule has 1 aliphatic heterocycles. The molecule has 3 atom stereocenters. The predicted octanol–water partition coefficient (Wildman–Crippen LogP) is 5.59. The van der Waals surface area contributed by atoms with Crippen LogP contribution in [-0.2, 0) is 13.6 Å². The summed E-state index contributed by atoms with van der Waals surface area (Å²) in [5, 5.41) is 12.7. The first-order valence-electron chi connectivity index (χ1n) is 15.9. The molecule has 44 heavy (non-hydrogen) atoms. The van der Waals surface area contributed by atoms with E-state index < -0.39 is 28.4 Å². The standard InChI is InChI=1S/C30H54N6O6Si2/c1-29(2,3)43(8,9)40-17-22-21(42-44(10,11)30(4,5)6)16-23(41-22)36-18-31-24-25(36)32-27(33-26(24)38)34-28(39)35(7)19-12-14-20(37)15-13-19/h18-23,37H,12-17H2,1-11H3,(H2,32,33,34,38,39)/t19?,20?,21-,22+,23+/m0/s1. The molecular weight excluding hydrogens is 597 g/mol. The summed E-state index contributed by atoms with van der Waals surface area (Å²) in [5.74, 6) is 0.0434. The number of imidazole rings is 1. The van der Waals surface area contributed by atoms with Gasteiger partial charge < -0.3 is 23.6 Å². The Hall–Kier alpha value is -2.11. The Morgan fingerprint density at radius 2 is 1.73 bits per heavy atom. The minimum atomic E-state index is -2.14.